The van der Waals surface area contributed by atoms with E-state index in [2.05, 4.69) is 14.7 Å². The average molecular weight is 228 g/mol. The fraction of sp³-hybridized carbons (Fsp3) is 0.154. The molecule has 2 rings (SSSR count). The third kappa shape index (κ3) is 2.30. The van der Waals surface area contributed by atoms with Crippen LogP contribution < -0.4 is 0 Å². The Hall–Kier alpha value is -2.23. The summed E-state index contributed by atoms with van der Waals surface area (Å²) in [5.74, 6) is -0.478. The molecular formula is C13H12N2O2. The third-order valence-corrected chi connectivity index (χ3v) is 2.40. The lowest BCUT2D eigenvalue weighted by Gasteiger charge is -2.05. The number of carbonyl (C=O) groups excluding carboxylic acids is 1. The number of nitrogens with zero attached hydrogens (tertiary/aromatic N) is 2. The molecule has 4 nitrogen and oxygen atoms in total. The lowest BCUT2D eigenvalue weighted by Crippen LogP contribution is -2.07. The van der Waals surface area contributed by atoms with Crippen LogP contribution in [0.4, 0.5) is 0 Å². The van der Waals surface area contributed by atoms with Crippen molar-refractivity contribution in [2.75, 3.05) is 7.11 Å². The van der Waals surface area contributed by atoms with Gasteiger partial charge in [0.25, 0.3) is 0 Å². The van der Waals surface area contributed by atoms with Gasteiger partial charge < -0.3 is 4.74 Å². The monoisotopic (exact) mass is 228 g/mol. The van der Waals surface area contributed by atoms with Crippen LogP contribution in [0.1, 0.15) is 16.1 Å². The van der Waals surface area contributed by atoms with Crippen LogP contribution in [0.2, 0.25) is 0 Å². The number of hydrogen-bond donors (Lipinski definition) is 0. The van der Waals surface area contributed by atoms with Gasteiger partial charge in [-0.15, -0.1) is 0 Å². The number of esters is 1. The van der Waals surface area contributed by atoms with Crippen LogP contribution in [0, 0.1) is 6.92 Å². The minimum Gasteiger partial charge on any atom is -0.464 e. The van der Waals surface area contributed by atoms with Gasteiger partial charge in [0.05, 0.1) is 7.11 Å². The molecule has 1 aromatic carbocycles. The summed E-state index contributed by atoms with van der Waals surface area (Å²) in [5.41, 5.74) is 2.78. The Labute approximate surface area is 99.3 Å². The summed E-state index contributed by atoms with van der Waals surface area (Å²) in [7, 11) is 1.33. The predicted molar refractivity (Wildman–Crippen MR) is 63.5 cm³/mol. The van der Waals surface area contributed by atoms with Gasteiger partial charge in [0, 0.05) is 18.0 Å². The van der Waals surface area contributed by atoms with Crippen molar-refractivity contribution in [2.45, 2.75) is 6.92 Å². The molecule has 4 heteroatoms. The van der Waals surface area contributed by atoms with Gasteiger partial charge in [0.1, 0.15) is 5.69 Å². The maximum absolute atomic E-state index is 11.5. The van der Waals surface area contributed by atoms with Gasteiger partial charge in [0.15, 0.2) is 5.69 Å². The van der Waals surface area contributed by atoms with Gasteiger partial charge in [-0.25, -0.2) is 9.78 Å². The molecule has 0 amide bonds. The summed E-state index contributed by atoms with van der Waals surface area (Å²) in [6.07, 6.45) is 3.03. The van der Waals surface area contributed by atoms with E-state index in [1.807, 2.05) is 31.2 Å². The van der Waals surface area contributed by atoms with Crippen LogP contribution >= 0.6 is 0 Å². The highest BCUT2D eigenvalue weighted by Gasteiger charge is 2.15. The van der Waals surface area contributed by atoms with E-state index in [4.69, 9.17) is 0 Å². The molecule has 0 bridgehead atoms. The van der Waals surface area contributed by atoms with Crippen molar-refractivity contribution in [3.63, 3.8) is 0 Å². The number of hydrogen-bond acceptors (Lipinski definition) is 4. The molecule has 0 aliphatic carbocycles. The Bertz CT molecular complexity index is 535. The second-order valence-corrected chi connectivity index (χ2v) is 3.61. The standard InChI is InChI=1S/C13H12N2O2/c1-9-3-5-10(6-4-9)11-12(13(16)17-2)15-8-7-14-11/h3-8H,1-2H3. The highest BCUT2D eigenvalue weighted by molar-refractivity contribution is 5.93. The Morgan fingerprint density at radius 1 is 1.12 bits per heavy atom. The maximum atomic E-state index is 11.5. The van der Waals surface area contributed by atoms with Crippen LogP contribution in [-0.2, 0) is 4.74 Å². The first-order valence-corrected chi connectivity index (χ1v) is 5.18. The minimum absolute atomic E-state index is 0.235. The number of aromatic nitrogens is 2. The van der Waals surface area contributed by atoms with Crippen molar-refractivity contribution in [2.24, 2.45) is 0 Å². The Kier molecular flexibility index (Phi) is 3.14. The number of ether oxygens (including phenoxy) is 1. The molecular weight excluding hydrogens is 216 g/mol. The van der Waals surface area contributed by atoms with Crippen molar-refractivity contribution >= 4 is 5.97 Å². The summed E-state index contributed by atoms with van der Waals surface area (Å²) in [6, 6.07) is 7.74. The van der Waals surface area contributed by atoms with E-state index in [9.17, 15) is 4.79 Å². The van der Waals surface area contributed by atoms with Crippen LogP contribution in [-0.4, -0.2) is 23.0 Å². The number of carbonyl (C=O) groups is 1. The lowest BCUT2D eigenvalue weighted by atomic mass is 10.1. The quantitative estimate of drug-likeness (QED) is 0.740. The van der Waals surface area contributed by atoms with E-state index in [1.165, 1.54) is 13.3 Å². The molecule has 1 aromatic heterocycles. The summed E-state index contributed by atoms with van der Waals surface area (Å²) < 4.78 is 4.68. The molecule has 0 atom stereocenters. The summed E-state index contributed by atoms with van der Waals surface area (Å²) in [5, 5.41) is 0. The lowest BCUT2D eigenvalue weighted by molar-refractivity contribution is 0.0594. The van der Waals surface area contributed by atoms with E-state index < -0.39 is 5.97 Å². The second kappa shape index (κ2) is 4.74. The highest BCUT2D eigenvalue weighted by atomic mass is 16.5. The molecule has 0 saturated carbocycles. The molecule has 0 N–H and O–H groups in total. The highest BCUT2D eigenvalue weighted by Crippen LogP contribution is 2.20. The molecule has 0 radical (unpaired) electrons. The second-order valence-electron chi connectivity index (χ2n) is 3.61. The van der Waals surface area contributed by atoms with Crippen LogP contribution in [0.15, 0.2) is 36.7 Å². The number of rotatable bonds is 2. The summed E-state index contributed by atoms with van der Waals surface area (Å²) >= 11 is 0. The van der Waals surface area contributed by atoms with Crippen LogP contribution in [0.3, 0.4) is 0 Å². The van der Waals surface area contributed by atoms with Crippen molar-refractivity contribution in [3.05, 3.63) is 47.9 Å². The fourth-order valence-electron chi connectivity index (χ4n) is 1.51. The van der Waals surface area contributed by atoms with Gasteiger partial charge in [-0.2, -0.15) is 0 Å². The molecule has 0 unspecified atom stereocenters. The van der Waals surface area contributed by atoms with Crippen molar-refractivity contribution in [3.8, 4) is 11.3 Å². The topological polar surface area (TPSA) is 52.1 Å². The first kappa shape index (κ1) is 11.3. The van der Waals surface area contributed by atoms with E-state index in [-0.39, 0.29) is 5.69 Å². The molecule has 17 heavy (non-hydrogen) atoms. The van der Waals surface area contributed by atoms with Gasteiger partial charge in [-0.1, -0.05) is 29.8 Å². The number of methoxy groups -OCH3 is 1. The van der Waals surface area contributed by atoms with E-state index in [0.717, 1.165) is 11.1 Å². The summed E-state index contributed by atoms with van der Waals surface area (Å²) in [4.78, 5) is 19.7. The van der Waals surface area contributed by atoms with E-state index in [1.54, 1.807) is 6.20 Å². The fourth-order valence-corrected chi connectivity index (χ4v) is 1.51. The zero-order valence-electron chi connectivity index (χ0n) is 9.68. The molecule has 1 heterocycles. The normalized spacial score (nSPS) is 10.0. The Balaban J connectivity index is 2.51. The predicted octanol–water partition coefficient (Wildman–Crippen LogP) is 2.24. The van der Waals surface area contributed by atoms with Gasteiger partial charge in [-0.3, -0.25) is 4.98 Å². The molecule has 0 aliphatic rings. The number of aryl methyl sites for hydroxylation is 1. The van der Waals surface area contributed by atoms with Crippen molar-refractivity contribution in [1.29, 1.82) is 0 Å². The Morgan fingerprint density at radius 3 is 2.41 bits per heavy atom. The molecule has 2 aromatic rings. The van der Waals surface area contributed by atoms with Crippen molar-refractivity contribution in [1.82, 2.24) is 9.97 Å². The zero-order chi connectivity index (χ0) is 12.3. The molecule has 0 aliphatic heterocycles. The molecule has 0 saturated heterocycles. The van der Waals surface area contributed by atoms with Crippen LogP contribution in [0.25, 0.3) is 11.3 Å². The smallest absolute Gasteiger partial charge is 0.358 e. The van der Waals surface area contributed by atoms with E-state index >= 15 is 0 Å². The zero-order valence-corrected chi connectivity index (χ0v) is 9.68. The van der Waals surface area contributed by atoms with Gasteiger partial charge >= 0.3 is 5.97 Å². The SMILES string of the molecule is COC(=O)c1nccnc1-c1ccc(C)cc1. The third-order valence-electron chi connectivity index (χ3n) is 2.40. The van der Waals surface area contributed by atoms with E-state index in [0.29, 0.717) is 5.69 Å². The van der Waals surface area contributed by atoms with Crippen LogP contribution in [0.5, 0.6) is 0 Å². The summed E-state index contributed by atoms with van der Waals surface area (Å²) in [6.45, 7) is 2.00. The van der Waals surface area contributed by atoms with Gasteiger partial charge in [0.2, 0.25) is 0 Å². The molecule has 0 fully saturated rings. The van der Waals surface area contributed by atoms with Gasteiger partial charge in [-0.05, 0) is 6.92 Å². The largest absolute Gasteiger partial charge is 0.464 e. The number of benzene rings is 1. The molecule has 86 valence electrons. The molecule has 0 spiro atoms. The maximum Gasteiger partial charge on any atom is 0.358 e. The average Bonchev–Trinajstić information content (AvgIpc) is 2.39. The first-order valence-electron chi connectivity index (χ1n) is 5.18. The first-order chi connectivity index (χ1) is 8.22. The van der Waals surface area contributed by atoms with Crippen molar-refractivity contribution < 1.29 is 9.53 Å². The Morgan fingerprint density at radius 2 is 1.76 bits per heavy atom. The minimum atomic E-state index is -0.478.